The van der Waals surface area contributed by atoms with Crippen LogP contribution >= 0.6 is 0 Å². The Balaban J connectivity index is 3.28. The summed E-state index contributed by atoms with van der Waals surface area (Å²) in [4.78, 5) is 2.19. The minimum absolute atomic E-state index is 0.0440. The van der Waals surface area contributed by atoms with E-state index in [2.05, 4.69) is 11.5 Å². The lowest BCUT2D eigenvalue weighted by molar-refractivity contribution is -0.0663. The van der Waals surface area contributed by atoms with E-state index in [0.29, 0.717) is 44.3 Å². The van der Waals surface area contributed by atoms with E-state index >= 15 is 0 Å². The molecule has 0 aromatic heterocycles. The van der Waals surface area contributed by atoms with Crippen molar-refractivity contribution < 1.29 is 29.2 Å². The van der Waals surface area contributed by atoms with Gasteiger partial charge in [-0.05, 0) is 26.0 Å². The number of hydrogen-bond donors (Lipinski definition) is 2. The van der Waals surface area contributed by atoms with E-state index in [1.54, 1.807) is 41.3 Å². The van der Waals surface area contributed by atoms with Gasteiger partial charge < -0.3 is 29.2 Å². The zero-order valence-electron chi connectivity index (χ0n) is 18.9. The molecule has 0 radical (unpaired) electrons. The highest BCUT2D eigenvalue weighted by molar-refractivity contribution is 5.64. The van der Waals surface area contributed by atoms with Crippen LogP contribution in [0.3, 0.4) is 0 Å². The summed E-state index contributed by atoms with van der Waals surface area (Å²) >= 11 is 0. The molecule has 170 valence electrons. The van der Waals surface area contributed by atoms with Crippen molar-refractivity contribution >= 4 is 6.08 Å². The second kappa shape index (κ2) is 13.4. The number of aliphatic hydroxyl groups excluding tert-OH is 1. The summed E-state index contributed by atoms with van der Waals surface area (Å²) in [7, 11) is 4.96. The topological polar surface area (TPSA) is 80.6 Å². The highest BCUT2D eigenvalue weighted by Crippen LogP contribution is 2.35. The van der Waals surface area contributed by atoms with Crippen LogP contribution in [-0.2, 0) is 16.0 Å². The maximum absolute atomic E-state index is 10.2. The Kier molecular flexibility index (Phi) is 11.7. The molecule has 1 unspecified atom stereocenters. The van der Waals surface area contributed by atoms with Gasteiger partial charge in [0.15, 0.2) is 0 Å². The standard InChI is InChI=1S/C23H37NO6/c1-7-8-9-18-10-11-20(30-17-21(25)23(2,3)26)19(22(18)29-6)16-24(12-14-27-4)13-15-28-5/h7-11,21,25-26H,1,12-17H2,2-6H3/b9-8-. The second-order valence-electron chi connectivity index (χ2n) is 7.50. The van der Waals surface area contributed by atoms with Gasteiger partial charge in [-0.15, -0.1) is 0 Å². The Bertz CT molecular complexity index is 660. The summed E-state index contributed by atoms with van der Waals surface area (Å²) in [5.74, 6) is 1.27. The van der Waals surface area contributed by atoms with E-state index in [1.807, 2.05) is 24.3 Å². The van der Waals surface area contributed by atoms with E-state index in [0.717, 1.165) is 11.1 Å². The number of aliphatic hydroxyl groups is 2. The van der Waals surface area contributed by atoms with Gasteiger partial charge in [0, 0.05) is 39.4 Å². The number of allylic oxidation sites excluding steroid dienone is 2. The van der Waals surface area contributed by atoms with Crippen molar-refractivity contribution in [3.63, 3.8) is 0 Å². The second-order valence-corrected chi connectivity index (χ2v) is 7.50. The van der Waals surface area contributed by atoms with Gasteiger partial charge in [-0.1, -0.05) is 24.8 Å². The first-order chi connectivity index (χ1) is 14.3. The summed E-state index contributed by atoms with van der Waals surface area (Å²) in [6, 6.07) is 3.74. The molecule has 0 fully saturated rings. The predicted molar refractivity (Wildman–Crippen MR) is 119 cm³/mol. The number of benzene rings is 1. The van der Waals surface area contributed by atoms with Crippen LogP contribution in [0.25, 0.3) is 6.08 Å². The fourth-order valence-corrected chi connectivity index (χ4v) is 2.76. The van der Waals surface area contributed by atoms with Crippen molar-refractivity contribution in [1.82, 2.24) is 4.90 Å². The maximum Gasteiger partial charge on any atom is 0.134 e. The highest BCUT2D eigenvalue weighted by Gasteiger charge is 2.26. The van der Waals surface area contributed by atoms with Crippen LogP contribution in [0.1, 0.15) is 25.0 Å². The lowest BCUT2D eigenvalue weighted by Gasteiger charge is -2.27. The quantitative estimate of drug-likeness (QED) is 0.420. The van der Waals surface area contributed by atoms with Crippen LogP contribution in [0.5, 0.6) is 11.5 Å². The van der Waals surface area contributed by atoms with Gasteiger partial charge in [-0.3, -0.25) is 4.90 Å². The SMILES string of the molecule is C=C/C=C\c1ccc(OCC(O)C(C)(C)O)c(CN(CCOC)CCOC)c1OC. The molecular formula is C23H37NO6. The van der Waals surface area contributed by atoms with Gasteiger partial charge in [0.25, 0.3) is 0 Å². The average Bonchev–Trinajstić information content (AvgIpc) is 2.71. The van der Waals surface area contributed by atoms with Crippen molar-refractivity contribution in [3.8, 4) is 11.5 Å². The fourth-order valence-electron chi connectivity index (χ4n) is 2.76. The molecule has 1 rings (SSSR count). The molecule has 7 nitrogen and oxygen atoms in total. The van der Waals surface area contributed by atoms with Crippen molar-refractivity contribution in [3.05, 3.63) is 42.0 Å². The lowest BCUT2D eigenvalue weighted by atomic mass is 10.0. The molecule has 0 aliphatic heterocycles. The monoisotopic (exact) mass is 423 g/mol. The van der Waals surface area contributed by atoms with Gasteiger partial charge in [0.2, 0.25) is 0 Å². The highest BCUT2D eigenvalue weighted by atomic mass is 16.5. The molecule has 0 spiro atoms. The number of hydrogen-bond acceptors (Lipinski definition) is 7. The first kappa shape index (κ1) is 26.1. The number of rotatable bonds is 15. The summed E-state index contributed by atoms with van der Waals surface area (Å²) in [5, 5.41) is 20.2. The molecule has 0 bridgehead atoms. The molecule has 1 aromatic carbocycles. The average molecular weight is 424 g/mol. The summed E-state index contributed by atoms with van der Waals surface area (Å²) in [6.07, 6.45) is 4.43. The molecule has 0 aliphatic rings. The first-order valence-electron chi connectivity index (χ1n) is 10.0. The van der Waals surface area contributed by atoms with Crippen LogP contribution in [0.2, 0.25) is 0 Å². The van der Waals surface area contributed by atoms with E-state index in [4.69, 9.17) is 18.9 Å². The Morgan fingerprint density at radius 2 is 1.77 bits per heavy atom. The van der Waals surface area contributed by atoms with Crippen molar-refractivity contribution in [1.29, 1.82) is 0 Å². The van der Waals surface area contributed by atoms with E-state index in [-0.39, 0.29) is 6.61 Å². The van der Waals surface area contributed by atoms with Gasteiger partial charge in [-0.2, -0.15) is 0 Å². The van der Waals surface area contributed by atoms with Gasteiger partial charge >= 0.3 is 0 Å². The van der Waals surface area contributed by atoms with Gasteiger partial charge in [-0.25, -0.2) is 0 Å². The fraction of sp³-hybridized carbons (Fsp3) is 0.565. The van der Waals surface area contributed by atoms with Crippen molar-refractivity contribution in [2.75, 3.05) is 54.2 Å². The van der Waals surface area contributed by atoms with Crippen LogP contribution in [0.15, 0.2) is 30.9 Å². The Morgan fingerprint density at radius 3 is 2.27 bits per heavy atom. The van der Waals surface area contributed by atoms with E-state index in [9.17, 15) is 10.2 Å². The number of methoxy groups -OCH3 is 3. The third-order valence-electron chi connectivity index (χ3n) is 4.68. The first-order valence-corrected chi connectivity index (χ1v) is 10.0. The number of ether oxygens (including phenoxy) is 4. The molecule has 0 saturated heterocycles. The maximum atomic E-state index is 10.2. The van der Waals surface area contributed by atoms with E-state index in [1.165, 1.54) is 0 Å². The zero-order chi connectivity index (χ0) is 22.6. The molecule has 0 aliphatic carbocycles. The normalized spacial score (nSPS) is 13.1. The zero-order valence-corrected chi connectivity index (χ0v) is 18.9. The van der Waals surface area contributed by atoms with Gasteiger partial charge in [0.05, 0.1) is 31.5 Å². The molecule has 1 aromatic rings. The minimum atomic E-state index is -1.26. The van der Waals surface area contributed by atoms with Crippen LogP contribution < -0.4 is 9.47 Å². The molecule has 30 heavy (non-hydrogen) atoms. The third kappa shape index (κ3) is 8.45. The smallest absolute Gasteiger partial charge is 0.134 e. The van der Waals surface area contributed by atoms with Crippen LogP contribution in [0, 0.1) is 0 Å². The molecular weight excluding hydrogens is 386 g/mol. The number of nitrogens with zero attached hydrogens (tertiary/aromatic N) is 1. The molecule has 2 N–H and O–H groups in total. The molecule has 0 saturated carbocycles. The minimum Gasteiger partial charge on any atom is -0.496 e. The molecule has 7 heteroatoms. The summed E-state index contributed by atoms with van der Waals surface area (Å²) in [6.45, 7) is 9.88. The van der Waals surface area contributed by atoms with E-state index < -0.39 is 11.7 Å². The lowest BCUT2D eigenvalue weighted by Crippen LogP contribution is -2.40. The molecule has 0 amide bonds. The molecule has 1 atom stereocenters. The summed E-state index contributed by atoms with van der Waals surface area (Å²) in [5.41, 5.74) is 0.472. The Hall–Kier alpha value is -1.90. The van der Waals surface area contributed by atoms with Crippen LogP contribution in [-0.4, -0.2) is 81.1 Å². The van der Waals surface area contributed by atoms with Gasteiger partial charge in [0.1, 0.15) is 24.2 Å². The Labute approximate surface area is 180 Å². The summed E-state index contributed by atoms with van der Waals surface area (Å²) < 4.78 is 22.1. The van der Waals surface area contributed by atoms with Crippen molar-refractivity contribution in [2.24, 2.45) is 0 Å². The Morgan fingerprint density at radius 1 is 1.13 bits per heavy atom. The predicted octanol–water partition coefficient (Wildman–Crippen LogP) is 2.50. The molecule has 0 heterocycles. The van der Waals surface area contributed by atoms with Crippen LogP contribution in [0.4, 0.5) is 0 Å². The largest absolute Gasteiger partial charge is 0.496 e. The van der Waals surface area contributed by atoms with Crippen molar-refractivity contribution in [2.45, 2.75) is 32.1 Å². The third-order valence-corrected chi connectivity index (χ3v) is 4.68.